The third kappa shape index (κ3) is 10.0. The number of piperidine rings is 1. The van der Waals surface area contributed by atoms with E-state index in [0.29, 0.717) is 0 Å². The Bertz CT molecular complexity index is 1160. The molecule has 4 N–H and O–H groups in total. The molecule has 0 spiro atoms. The first-order valence-electron chi connectivity index (χ1n) is 12.5. The van der Waals surface area contributed by atoms with Crippen LogP contribution in [0.1, 0.15) is 29.5 Å². The summed E-state index contributed by atoms with van der Waals surface area (Å²) in [5.41, 5.74) is 4.18. The Morgan fingerprint density at radius 1 is 0.950 bits per heavy atom. The first kappa shape index (κ1) is 32.3. The minimum Gasteiger partial charge on any atom is -0.539 e. The summed E-state index contributed by atoms with van der Waals surface area (Å²) in [4.78, 5) is 39.5. The van der Waals surface area contributed by atoms with Gasteiger partial charge in [0.1, 0.15) is 25.7 Å². The van der Waals surface area contributed by atoms with E-state index in [1.807, 2.05) is 6.07 Å². The van der Waals surface area contributed by atoms with Crippen molar-refractivity contribution in [3.8, 4) is 11.5 Å². The van der Waals surface area contributed by atoms with Crippen LogP contribution in [-0.4, -0.2) is 74.0 Å². The Kier molecular flexibility index (Phi) is 12.7. The van der Waals surface area contributed by atoms with E-state index in [4.69, 9.17) is 60.7 Å². The molecule has 218 valence electrons. The average Bonchev–Trinajstić information content (AvgIpc) is 2.92. The largest absolute Gasteiger partial charge is 0.539 e. The molecule has 0 saturated carbocycles. The van der Waals surface area contributed by atoms with Crippen LogP contribution in [-0.2, 0) is 38.7 Å². The molecule has 0 bridgehead atoms. The second kappa shape index (κ2) is 15.7. The molecule has 2 aromatic rings. The first-order chi connectivity index (χ1) is 18.9. The van der Waals surface area contributed by atoms with E-state index in [1.54, 1.807) is 24.0 Å². The molecular formula is C27H33ClN2O10. The molecule has 0 amide bonds. The summed E-state index contributed by atoms with van der Waals surface area (Å²) in [6.45, 7) is 5.87. The number of carboxylic acid groups (broad SMARTS) is 4. The summed E-state index contributed by atoms with van der Waals surface area (Å²) in [5.74, 6) is -6.33. The fourth-order valence-corrected chi connectivity index (χ4v) is 5.15. The van der Waals surface area contributed by atoms with Gasteiger partial charge in [0.15, 0.2) is 23.4 Å². The fraction of sp³-hybridized carbons (Fsp3) is 0.407. The quantitative estimate of drug-likeness (QED) is 0.269. The Morgan fingerprint density at radius 2 is 1.52 bits per heavy atom. The summed E-state index contributed by atoms with van der Waals surface area (Å²) in [5, 5.41) is 33.5. The molecule has 2 aromatic carbocycles. The lowest BCUT2D eigenvalue weighted by atomic mass is 9.95. The topological polar surface area (TPSA) is 182 Å². The Hall–Kier alpha value is -3.87. The molecule has 2 aliphatic rings. The Balaban J connectivity index is 0.000000393. The number of fused-ring (bicyclic) bond motifs is 1. The van der Waals surface area contributed by atoms with Gasteiger partial charge in [0.05, 0.1) is 27.3 Å². The van der Waals surface area contributed by atoms with E-state index in [1.165, 1.54) is 49.2 Å². The van der Waals surface area contributed by atoms with Gasteiger partial charge in [-0.25, -0.2) is 9.59 Å². The van der Waals surface area contributed by atoms with Crippen molar-refractivity contribution in [2.24, 2.45) is 0 Å². The lowest BCUT2D eigenvalue weighted by Crippen LogP contribution is -3.24. The number of carboxylic acids is 4. The van der Waals surface area contributed by atoms with Gasteiger partial charge in [-0.15, -0.1) is 0 Å². The lowest BCUT2D eigenvalue weighted by Gasteiger charge is -2.37. The van der Waals surface area contributed by atoms with Crippen molar-refractivity contribution in [2.75, 3.05) is 33.9 Å². The molecule has 3 unspecified atom stereocenters. The molecule has 40 heavy (non-hydrogen) atoms. The minimum atomic E-state index is -2.07. The number of likely N-dealkylation sites (tertiary alicyclic amines) is 1. The van der Waals surface area contributed by atoms with E-state index < -0.39 is 23.9 Å². The molecular weight excluding hydrogens is 548 g/mol. The summed E-state index contributed by atoms with van der Waals surface area (Å²) < 4.78 is 11.0. The summed E-state index contributed by atoms with van der Waals surface area (Å²) >= 11 is 6.17. The second-order valence-corrected chi connectivity index (χ2v) is 9.78. The zero-order valence-electron chi connectivity index (χ0n) is 22.2. The number of benzene rings is 2. The normalized spacial score (nSPS) is 19.3. The minimum absolute atomic E-state index is 0.726. The molecule has 2 aliphatic heterocycles. The maximum Gasteiger partial charge on any atom is 0.351 e. The monoisotopic (exact) mass is 580 g/mol. The van der Waals surface area contributed by atoms with Gasteiger partial charge in [0.25, 0.3) is 0 Å². The van der Waals surface area contributed by atoms with Crippen LogP contribution < -0.4 is 29.5 Å². The zero-order valence-corrected chi connectivity index (χ0v) is 23.0. The highest BCUT2D eigenvalue weighted by Crippen LogP contribution is 2.31. The number of ether oxygens (including phenoxy) is 2. The molecule has 1 fully saturated rings. The van der Waals surface area contributed by atoms with Crippen LogP contribution in [0.5, 0.6) is 11.5 Å². The van der Waals surface area contributed by atoms with Crippen LogP contribution in [0.15, 0.2) is 36.4 Å². The Morgan fingerprint density at radius 3 is 2.05 bits per heavy atom. The van der Waals surface area contributed by atoms with Gasteiger partial charge < -0.3 is 49.3 Å². The highest BCUT2D eigenvalue weighted by atomic mass is 35.5. The molecule has 12 nitrogen and oxygen atoms in total. The smallest absolute Gasteiger partial charge is 0.351 e. The number of hydrogen-bond acceptors (Lipinski definition) is 8. The number of nitrogens with one attached hydrogen (secondary N) is 2. The van der Waals surface area contributed by atoms with Crippen molar-refractivity contribution >= 4 is 35.5 Å². The van der Waals surface area contributed by atoms with Crippen LogP contribution in [0, 0.1) is 0 Å². The van der Waals surface area contributed by atoms with E-state index in [0.717, 1.165) is 42.1 Å². The molecule has 2 heterocycles. The second-order valence-electron chi connectivity index (χ2n) is 9.35. The number of methoxy groups -OCH3 is 2. The SMILES string of the molecule is COc1cc2c(cc1OC)C[NH+](C1CCC[NH+](Cc3cccc(Cl)c3)C1)CC2.O=C([O-])C(=O)O.O=C([O-])C(=O)O. The van der Waals surface area contributed by atoms with Gasteiger partial charge in [-0.05, 0) is 29.8 Å². The summed E-state index contributed by atoms with van der Waals surface area (Å²) in [7, 11) is 3.43. The third-order valence-electron chi connectivity index (χ3n) is 6.73. The van der Waals surface area contributed by atoms with Gasteiger partial charge in [-0.3, -0.25) is 0 Å². The lowest BCUT2D eigenvalue weighted by molar-refractivity contribution is -0.998. The number of carbonyl (C=O) groups excluding carboxylic acids is 2. The first-order valence-corrected chi connectivity index (χ1v) is 12.9. The molecule has 0 radical (unpaired) electrons. The van der Waals surface area contributed by atoms with Crippen LogP contribution in [0.4, 0.5) is 0 Å². The highest BCUT2D eigenvalue weighted by molar-refractivity contribution is 6.30. The predicted octanol–water partition coefficient (Wildman–Crippen LogP) is -2.81. The number of halogens is 1. The number of carbonyl (C=O) groups is 4. The van der Waals surface area contributed by atoms with Crippen LogP contribution in [0.2, 0.25) is 5.02 Å². The van der Waals surface area contributed by atoms with Crippen LogP contribution >= 0.6 is 11.6 Å². The highest BCUT2D eigenvalue weighted by Gasteiger charge is 2.34. The number of rotatable bonds is 5. The summed E-state index contributed by atoms with van der Waals surface area (Å²) in [6.07, 6.45) is 3.75. The maximum absolute atomic E-state index is 9.04. The molecule has 0 aromatic heterocycles. The van der Waals surface area contributed by atoms with Crippen molar-refractivity contribution in [3.63, 3.8) is 0 Å². The fourth-order valence-electron chi connectivity index (χ4n) is 4.93. The van der Waals surface area contributed by atoms with E-state index >= 15 is 0 Å². The van der Waals surface area contributed by atoms with Gasteiger partial charge >= 0.3 is 11.9 Å². The van der Waals surface area contributed by atoms with E-state index in [9.17, 15) is 0 Å². The molecule has 13 heteroatoms. The standard InChI is InChI=1S/C23H29ClN2O2.2C2H2O4/c1-27-22-12-18-8-10-26(15-19(18)13-23(22)28-2)21-7-4-9-25(16-21)14-17-5-3-6-20(24)11-17;2*3-1(4)2(5)6/h3,5-6,11-13,21H,4,7-10,14-16H2,1-2H3;2*(H,3,4)(H,5,6). The molecule has 1 saturated heterocycles. The molecule has 3 atom stereocenters. The average molecular weight is 581 g/mol. The van der Waals surface area contributed by atoms with Gasteiger partial charge in [-0.1, -0.05) is 23.7 Å². The van der Waals surface area contributed by atoms with Crippen LogP contribution in [0.3, 0.4) is 0 Å². The Labute approximate surface area is 236 Å². The van der Waals surface area contributed by atoms with E-state index in [-0.39, 0.29) is 0 Å². The number of quaternary nitrogens is 2. The van der Waals surface area contributed by atoms with Crippen molar-refractivity contribution in [2.45, 2.75) is 38.4 Å². The predicted molar refractivity (Wildman–Crippen MR) is 137 cm³/mol. The van der Waals surface area contributed by atoms with Gasteiger partial charge in [0, 0.05) is 35.4 Å². The van der Waals surface area contributed by atoms with Crippen molar-refractivity contribution in [3.05, 3.63) is 58.1 Å². The van der Waals surface area contributed by atoms with Crippen molar-refractivity contribution in [1.29, 1.82) is 0 Å². The maximum atomic E-state index is 9.04. The number of hydrogen-bond donors (Lipinski definition) is 4. The summed E-state index contributed by atoms with van der Waals surface area (Å²) in [6, 6.07) is 13.4. The third-order valence-corrected chi connectivity index (χ3v) is 6.96. The molecule has 4 rings (SSSR count). The number of aliphatic carboxylic acids is 4. The van der Waals surface area contributed by atoms with Gasteiger partial charge in [-0.2, -0.15) is 0 Å². The van der Waals surface area contributed by atoms with Crippen molar-refractivity contribution in [1.82, 2.24) is 0 Å². The van der Waals surface area contributed by atoms with Crippen molar-refractivity contribution < 1.29 is 58.9 Å². The zero-order chi connectivity index (χ0) is 29.8. The van der Waals surface area contributed by atoms with E-state index in [2.05, 4.69) is 30.3 Å². The van der Waals surface area contributed by atoms with Gasteiger partial charge in [0.2, 0.25) is 0 Å². The molecule has 0 aliphatic carbocycles. The van der Waals surface area contributed by atoms with Crippen LogP contribution in [0.25, 0.3) is 0 Å².